The molecule has 7 nitrogen and oxygen atoms in total. The van der Waals surface area contributed by atoms with Gasteiger partial charge in [-0.05, 0) is 37.1 Å². The number of carbonyl (C=O) groups is 2. The molecule has 23 heavy (non-hydrogen) atoms. The molecular weight excluding hydrogens is 300 g/mol. The first-order chi connectivity index (χ1) is 11.0. The van der Waals surface area contributed by atoms with E-state index in [1.165, 1.54) is 25.7 Å². The van der Waals surface area contributed by atoms with E-state index in [1.807, 2.05) is 12.1 Å². The number of aliphatic carboxylic acids is 2. The molecule has 0 heterocycles. The number of rotatable bonds is 5. The Morgan fingerprint density at radius 3 is 2.22 bits per heavy atom. The number of nitrogens with zero attached hydrogens (tertiary/aromatic N) is 1. The summed E-state index contributed by atoms with van der Waals surface area (Å²) in [5, 5.41) is 26.9. The summed E-state index contributed by atoms with van der Waals surface area (Å²) in [5.41, 5.74) is 0.668. The molecule has 0 spiro atoms. The number of ether oxygens (including phenoxy) is 1. The van der Waals surface area contributed by atoms with Gasteiger partial charge in [0.2, 0.25) is 0 Å². The summed E-state index contributed by atoms with van der Waals surface area (Å²) in [6, 6.07) is 10.0. The molecule has 7 heteroatoms. The number of carboxylic acids is 2. The molecule has 1 aromatic rings. The Labute approximate surface area is 134 Å². The molecular formula is C16H20N2O5. The van der Waals surface area contributed by atoms with Crippen molar-refractivity contribution in [2.45, 2.75) is 31.7 Å². The van der Waals surface area contributed by atoms with Gasteiger partial charge in [0.25, 0.3) is 0 Å². The van der Waals surface area contributed by atoms with Crippen molar-refractivity contribution in [2.75, 3.05) is 13.2 Å². The summed E-state index contributed by atoms with van der Waals surface area (Å²) < 4.78 is 5.59. The van der Waals surface area contributed by atoms with Crippen molar-refractivity contribution in [1.29, 1.82) is 5.26 Å². The van der Waals surface area contributed by atoms with Crippen LogP contribution in [0.15, 0.2) is 24.3 Å². The van der Waals surface area contributed by atoms with E-state index < -0.39 is 11.9 Å². The highest BCUT2D eigenvalue weighted by Gasteiger charge is 2.13. The Bertz CT molecular complexity index is 533. The van der Waals surface area contributed by atoms with Gasteiger partial charge in [0.15, 0.2) is 0 Å². The van der Waals surface area contributed by atoms with E-state index in [2.05, 4.69) is 11.4 Å². The second kappa shape index (κ2) is 10.2. The summed E-state index contributed by atoms with van der Waals surface area (Å²) in [6.45, 7) is 1.58. The predicted octanol–water partition coefficient (Wildman–Crippen LogP) is 1.62. The summed E-state index contributed by atoms with van der Waals surface area (Å²) in [7, 11) is 0. The summed E-state index contributed by atoms with van der Waals surface area (Å²) in [5.74, 6) is -2.82. The molecule has 0 aliphatic heterocycles. The molecule has 0 radical (unpaired) electrons. The lowest BCUT2D eigenvalue weighted by Crippen LogP contribution is -2.30. The molecule has 2 rings (SSSR count). The number of hydrogen-bond acceptors (Lipinski definition) is 5. The zero-order valence-corrected chi connectivity index (χ0v) is 12.7. The van der Waals surface area contributed by atoms with Crippen LogP contribution in [0.4, 0.5) is 0 Å². The van der Waals surface area contributed by atoms with E-state index in [0.717, 1.165) is 12.3 Å². The Balaban J connectivity index is 0.000000379. The van der Waals surface area contributed by atoms with E-state index in [-0.39, 0.29) is 0 Å². The minimum absolute atomic E-state index is 0.668. The van der Waals surface area contributed by atoms with E-state index >= 15 is 0 Å². The molecule has 1 aliphatic rings. The lowest BCUT2D eigenvalue weighted by molar-refractivity contribution is -0.159. The Kier molecular flexibility index (Phi) is 8.18. The molecule has 0 amide bonds. The fourth-order valence-electron chi connectivity index (χ4n) is 2.19. The zero-order chi connectivity index (χ0) is 17.1. The van der Waals surface area contributed by atoms with E-state index in [1.54, 1.807) is 12.1 Å². The number of hydrogen-bond donors (Lipinski definition) is 3. The third-order valence-electron chi connectivity index (χ3n) is 3.33. The molecule has 0 unspecified atom stereocenters. The SMILES string of the molecule is N#Cc1ccc(OCCNC2CCCC2)cc1.O=C(O)C(=O)O. The zero-order valence-electron chi connectivity index (χ0n) is 12.7. The van der Waals surface area contributed by atoms with E-state index in [9.17, 15) is 0 Å². The maximum atomic E-state index is 9.10. The first-order valence-electron chi connectivity index (χ1n) is 7.35. The second-order valence-electron chi connectivity index (χ2n) is 5.03. The fraction of sp³-hybridized carbons (Fsp3) is 0.438. The molecule has 0 atom stereocenters. The third-order valence-corrected chi connectivity index (χ3v) is 3.33. The lowest BCUT2D eigenvalue weighted by Gasteiger charge is -2.12. The molecule has 0 saturated heterocycles. The van der Waals surface area contributed by atoms with Gasteiger partial charge in [-0.1, -0.05) is 12.8 Å². The van der Waals surface area contributed by atoms with Crippen LogP contribution < -0.4 is 10.1 Å². The van der Waals surface area contributed by atoms with Crippen molar-refractivity contribution in [2.24, 2.45) is 0 Å². The van der Waals surface area contributed by atoms with Crippen LogP contribution >= 0.6 is 0 Å². The fourth-order valence-corrected chi connectivity index (χ4v) is 2.19. The largest absolute Gasteiger partial charge is 0.492 e. The van der Waals surface area contributed by atoms with Crippen LogP contribution in [-0.4, -0.2) is 41.3 Å². The quantitative estimate of drug-likeness (QED) is 0.557. The molecule has 124 valence electrons. The number of nitrogens with one attached hydrogen (secondary N) is 1. The van der Waals surface area contributed by atoms with Gasteiger partial charge in [-0.3, -0.25) is 0 Å². The second-order valence-corrected chi connectivity index (χ2v) is 5.03. The highest BCUT2D eigenvalue weighted by Crippen LogP contribution is 2.17. The minimum atomic E-state index is -1.82. The van der Waals surface area contributed by atoms with Crippen LogP contribution in [0.1, 0.15) is 31.2 Å². The predicted molar refractivity (Wildman–Crippen MR) is 82.2 cm³/mol. The van der Waals surface area contributed by atoms with Gasteiger partial charge < -0.3 is 20.3 Å². The molecule has 1 saturated carbocycles. The number of carboxylic acid groups (broad SMARTS) is 2. The van der Waals surface area contributed by atoms with Crippen molar-refractivity contribution in [3.8, 4) is 11.8 Å². The smallest absolute Gasteiger partial charge is 0.414 e. The van der Waals surface area contributed by atoms with Crippen LogP contribution in [0.2, 0.25) is 0 Å². The first-order valence-corrected chi connectivity index (χ1v) is 7.35. The summed E-state index contributed by atoms with van der Waals surface area (Å²) in [6.07, 6.45) is 5.32. The van der Waals surface area contributed by atoms with E-state index in [0.29, 0.717) is 18.2 Å². The van der Waals surface area contributed by atoms with Crippen LogP contribution in [0.3, 0.4) is 0 Å². The van der Waals surface area contributed by atoms with Crippen molar-refractivity contribution in [3.05, 3.63) is 29.8 Å². The maximum absolute atomic E-state index is 9.10. The third kappa shape index (κ3) is 7.83. The van der Waals surface area contributed by atoms with Crippen LogP contribution in [0.5, 0.6) is 5.75 Å². The van der Waals surface area contributed by atoms with Gasteiger partial charge in [0.1, 0.15) is 12.4 Å². The molecule has 1 fully saturated rings. The van der Waals surface area contributed by atoms with Crippen molar-refractivity contribution in [1.82, 2.24) is 5.32 Å². The van der Waals surface area contributed by atoms with Gasteiger partial charge in [-0.25, -0.2) is 9.59 Å². The topological polar surface area (TPSA) is 120 Å². The maximum Gasteiger partial charge on any atom is 0.414 e. The first kappa shape index (κ1) is 18.5. The Morgan fingerprint density at radius 2 is 1.74 bits per heavy atom. The molecule has 3 N–H and O–H groups in total. The van der Waals surface area contributed by atoms with Gasteiger partial charge in [0, 0.05) is 12.6 Å². The van der Waals surface area contributed by atoms with Crippen LogP contribution in [0.25, 0.3) is 0 Å². The monoisotopic (exact) mass is 320 g/mol. The lowest BCUT2D eigenvalue weighted by atomic mass is 10.2. The van der Waals surface area contributed by atoms with Crippen LogP contribution in [0, 0.1) is 11.3 Å². The van der Waals surface area contributed by atoms with Crippen molar-refractivity contribution < 1.29 is 24.5 Å². The normalized spacial score (nSPS) is 13.5. The standard InChI is InChI=1S/C14H18N2O.C2H2O4/c15-11-12-5-7-14(8-6-12)17-10-9-16-13-3-1-2-4-13;3-1(4)2(5)6/h5-8,13,16H,1-4,9-10H2;(H,3,4)(H,5,6). The Morgan fingerprint density at radius 1 is 1.17 bits per heavy atom. The Hall–Kier alpha value is -2.59. The average Bonchev–Trinajstić information content (AvgIpc) is 3.06. The summed E-state index contributed by atoms with van der Waals surface area (Å²) >= 11 is 0. The number of benzene rings is 1. The minimum Gasteiger partial charge on any atom is -0.492 e. The van der Waals surface area contributed by atoms with Gasteiger partial charge in [0.05, 0.1) is 11.6 Å². The highest BCUT2D eigenvalue weighted by atomic mass is 16.5. The molecule has 0 bridgehead atoms. The summed E-state index contributed by atoms with van der Waals surface area (Å²) in [4.78, 5) is 18.2. The van der Waals surface area contributed by atoms with Crippen LogP contribution in [-0.2, 0) is 9.59 Å². The van der Waals surface area contributed by atoms with Gasteiger partial charge in [-0.2, -0.15) is 5.26 Å². The van der Waals surface area contributed by atoms with E-state index in [4.69, 9.17) is 29.8 Å². The highest BCUT2D eigenvalue weighted by molar-refractivity contribution is 6.27. The molecule has 0 aromatic heterocycles. The van der Waals surface area contributed by atoms with Gasteiger partial charge in [-0.15, -0.1) is 0 Å². The number of nitriles is 1. The van der Waals surface area contributed by atoms with Gasteiger partial charge >= 0.3 is 11.9 Å². The van der Waals surface area contributed by atoms with Crippen molar-refractivity contribution >= 4 is 11.9 Å². The molecule has 1 aromatic carbocycles. The van der Waals surface area contributed by atoms with Crippen molar-refractivity contribution in [3.63, 3.8) is 0 Å². The average molecular weight is 320 g/mol. The molecule has 1 aliphatic carbocycles.